The lowest BCUT2D eigenvalue weighted by molar-refractivity contribution is -0.193. The predicted molar refractivity (Wildman–Crippen MR) is 107 cm³/mol. The molecule has 1 aliphatic rings. The molecule has 0 aromatic carbocycles. The number of carbonyl (C=O) groups excluding carboxylic acids is 1. The van der Waals surface area contributed by atoms with Crippen LogP contribution in [0.4, 0.5) is 0 Å². The molecule has 2 N–H and O–H groups in total. The van der Waals surface area contributed by atoms with Gasteiger partial charge in [-0.2, -0.15) is 0 Å². The number of rotatable bonds is 8. The molecule has 1 aliphatic heterocycles. The highest BCUT2D eigenvalue weighted by Gasteiger charge is 2.43. The molecule has 1 rings (SSSR count). The van der Waals surface area contributed by atoms with E-state index >= 15 is 0 Å². The first-order valence-corrected chi connectivity index (χ1v) is 12.2. The molecule has 0 amide bonds. The summed E-state index contributed by atoms with van der Waals surface area (Å²) in [7, 11) is -2.08. The highest BCUT2D eigenvalue weighted by Crippen LogP contribution is 2.38. The molecule has 6 nitrogen and oxygen atoms in total. The van der Waals surface area contributed by atoms with Crippen LogP contribution in [0.3, 0.4) is 0 Å². The molecule has 0 saturated heterocycles. The maximum Gasteiger partial charge on any atom is 0.192 e. The molecule has 0 radical (unpaired) electrons. The summed E-state index contributed by atoms with van der Waals surface area (Å²) in [6.07, 6.45) is 4.33. The topological polar surface area (TPSA) is 85.2 Å². The van der Waals surface area contributed by atoms with Crippen LogP contribution in [0, 0.1) is 18.3 Å². The van der Waals surface area contributed by atoms with Gasteiger partial charge in [-0.3, -0.25) is 4.79 Å². The maximum atomic E-state index is 11.9. The summed E-state index contributed by atoms with van der Waals surface area (Å²) in [6.45, 7) is 13.8. The third-order valence-electron chi connectivity index (χ3n) is 5.20. The van der Waals surface area contributed by atoms with Gasteiger partial charge in [-0.15, -0.1) is 6.42 Å². The summed E-state index contributed by atoms with van der Waals surface area (Å²) >= 11 is 0. The summed E-state index contributed by atoms with van der Waals surface area (Å²) in [5.41, 5.74) is 0.421. The molecule has 0 spiro atoms. The van der Waals surface area contributed by atoms with Crippen LogP contribution in [0.1, 0.15) is 34.6 Å². The Morgan fingerprint density at radius 3 is 2.44 bits per heavy atom. The second-order valence-corrected chi connectivity index (χ2v) is 13.5. The number of ether oxygens (including phenoxy) is 2. The van der Waals surface area contributed by atoms with Gasteiger partial charge in [0.1, 0.15) is 12.7 Å². The Hall–Kier alpha value is -1.01. The largest absolute Gasteiger partial charge is 0.414 e. The lowest BCUT2D eigenvalue weighted by Gasteiger charge is -2.41. The number of aliphatic hydroxyl groups is 2. The van der Waals surface area contributed by atoms with Crippen molar-refractivity contribution in [2.75, 3.05) is 13.2 Å². The van der Waals surface area contributed by atoms with E-state index in [1.807, 2.05) is 13.8 Å². The van der Waals surface area contributed by atoms with E-state index in [4.69, 9.17) is 25.4 Å². The highest BCUT2D eigenvalue weighted by atomic mass is 28.4. The molecule has 0 bridgehead atoms. The van der Waals surface area contributed by atoms with Gasteiger partial charge < -0.3 is 24.1 Å². The van der Waals surface area contributed by atoms with Crippen molar-refractivity contribution in [1.82, 2.24) is 0 Å². The van der Waals surface area contributed by atoms with Crippen molar-refractivity contribution >= 4 is 14.1 Å². The molecule has 7 heteroatoms. The minimum Gasteiger partial charge on any atom is -0.414 e. The number of hydrogen-bond acceptors (Lipinski definition) is 6. The first-order chi connectivity index (χ1) is 12.3. The van der Waals surface area contributed by atoms with Crippen LogP contribution < -0.4 is 0 Å². The van der Waals surface area contributed by atoms with Gasteiger partial charge in [0, 0.05) is 5.57 Å². The van der Waals surface area contributed by atoms with Crippen molar-refractivity contribution in [3.8, 4) is 12.3 Å². The highest BCUT2D eigenvalue weighted by molar-refractivity contribution is 6.74. The Balaban J connectivity index is 3.15. The zero-order valence-corrected chi connectivity index (χ0v) is 18.5. The van der Waals surface area contributed by atoms with E-state index in [1.165, 1.54) is 0 Å². The summed E-state index contributed by atoms with van der Waals surface area (Å²) in [5, 5.41) is 19.6. The first-order valence-electron chi connectivity index (χ1n) is 9.29. The molecule has 0 aromatic rings. The minimum absolute atomic E-state index is 0.00464. The van der Waals surface area contributed by atoms with Crippen molar-refractivity contribution in [3.63, 3.8) is 0 Å². The number of Topliss-reactive ketones (excluding diaryl/α,β-unsaturated/α-hetero) is 1. The van der Waals surface area contributed by atoms with Crippen molar-refractivity contribution in [2.45, 2.75) is 77.4 Å². The fourth-order valence-corrected chi connectivity index (χ4v) is 3.57. The lowest BCUT2D eigenvalue weighted by Crippen LogP contribution is -2.50. The van der Waals surface area contributed by atoms with Gasteiger partial charge in [0.25, 0.3) is 0 Å². The predicted octanol–water partition coefficient (Wildman–Crippen LogP) is 2.26. The molecular weight excluding hydrogens is 364 g/mol. The molecule has 0 unspecified atom stereocenters. The van der Waals surface area contributed by atoms with Gasteiger partial charge >= 0.3 is 0 Å². The monoisotopic (exact) mass is 398 g/mol. The number of hydrogen-bond donors (Lipinski definition) is 2. The van der Waals surface area contributed by atoms with E-state index < -0.39 is 45.1 Å². The third kappa shape index (κ3) is 6.24. The quantitative estimate of drug-likeness (QED) is 0.482. The van der Waals surface area contributed by atoms with E-state index in [0.29, 0.717) is 5.57 Å². The Labute approximate surface area is 164 Å². The average molecular weight is 399 g/mol. The summed E-state index contributed by atoms with van der Waals surface area (Å²) < 4.78 is 17.9. The van der Waals surface area contributed by atoms with Crippen LogP contribution in [0.15, 0.2) is 11.6 Å². The molecular formula is C20H34O6Si. The van der Waals surface area contributed by atoms with E-state index in [0.717, 1.165) is 0 Å². The molecule has 0 saturated carbocycles. The minimum atomic E-state index is -2.08. The molecule has 154 valence electrons. The summed E-state index contributed by atoms with van der Waals surface area (Å²) in [5.74, 6) is 1.05. The summed E-state index contributed by atoms with van der Waals surface area (Å²) in [4.78, 5) is 11.9. The molecule has 27 heavy (non-hydrogen) atoms. The second kappa shape index (κ2) is 9.46. The number of ketones is 1. The van der Waals surface area contributed by atoms with Gasteiger partial charge in [-0.25, -0.2) is 0 Å². The van der Waals surface area contributed by atoms with Crippen LogP contribution in [0.5, 0.6) is 0 Å². The van der Waals surface area contributed by atoms with Crippen molar-refractivity contribution in [3.05, 3.63) is 11.6 Å². The van der Waals surface area contributed by atoms with E-state index in [1.54, 1.807) is 6.08 Å². The van der Waals surface area contributed by atoms with E-state index in [2.05, 4.69) is 39.8 Å². The third-order valence-corrected chi connectivity index (χ3v) is 9.70. The molecule has 0 fully saturated rings. The number of terminal acetylenes is 1. The van der Waals surface area contributed by atoms with Crippen LogP contribution in [0.2, 0.25) is 18.1 Å². The zero-order valence-electron chi connectivity index (χ0n) is 17.5. The van der Waals surface area contributed by atoms with Crippen LogP contribution in [-0.2, 0) is 18.7 Å². The smallest absolute Gasteiger partial charge is 0.192 e. The fourth-order valence-electron chi connectivity index (χ4n) is 2.56. The van der Waals surface area contributed by atoms with E-state index in [-0.39, 0.29) is 17.7 Å². The van der Waals surface area contributed by atoms with Crippen LogP contribution >= 0.6 is 0 Å². The molecule has 1 heterocycles. The van der Waals surface area contributed by atoms with Gasteiger partial charge in [0.05, 0.1) is 24.7 Å². The van der Waals surface area contributed by atoms with Gasteiger partial charge in [0.2, 0.25) is 0 Å². The fraction of sp³-hybridized carbons (Fsp3) is 0.750. The SMILES string of the molecule is C#CC1=C[C@@H](OC(C)C)O[C@H](CO[Si](C)(C)C(C)(C)C)[C@H]1[C@H](O)C(=O)CO. The van der Waals surface area contributed by atoms with Gasteiger partial charge in [0.15, 0.2) is 20.4 Å². The maximum absolute atomic E-state index is 11.9. The normalized spacial score (nSPS) is 25.1. The van der Waals surface area contributed by atoms with Gasteiger partial charge in [-0.05, 0) is 38.1 Å². The lowest BCUT2D eigenvalue weighted by atomic mass is 9.84. The summed E-state index contributed by atoms with van der Waals surface area (Å²) in [6, 6.07) is 0. The Kier molecular flexibility index (Phi) is 8.42. The average Bonchev–Trinajstić information content (AvgIpc) is 2.56. The molecule has 0 aromatic heterocycles. The Morgan fingerprint density at radius 1 is 1.41 bits per heavy atom. The zero-order chi connectivity index (χ0) is 21.0. The number of carbonyl (C=O) groups is 1. The first kappa shape index (κ1) is 24.0. The second-order valence-electron chi connectivity index (χ2n) is 8.66. The van der Waals surface area contributed by atoms with E-state index in [9.17, 15) is 9.90 Å². The standard InChI is InChI=1S/C20H34O6Si/c1-9-14-10-17(25-13(2)3)26-16(18(14)19(23)15(22)11-21)12-24-27(7,8)20(4,5)6/h1,10,13,16-19,21,23H,11-12H2,2-8H3/t16-,17+,18+,19-/m1/s1. The Bertz CT molecular complexity index is 584. The number of aliphatic hydroxyl groups excluding tert-OH is 2. The Morgan fingerprint density at radius 2 is 2.00 bits per heavy atom. The van der Waals surface area contributed by atoms with Crippen molar-refractivity contribution < 1.29 is 28.9 Å². The van der Waals surface area contributed by atoms with Gasteiger partial charge in [-0.1, -0.05) is 26.7 Å². The molecule has 4 atom stereocenters. The van der Waals surface area contributed by atoms with Crippen LogP contribution in [-0.4, -0.2) is 62.1 Å². The molecule has 0 aliphatic carbocycles. The van der Waals surface area contributed by atoms with Crippen LogP contribution in [0.25, 0.3) is 0 Å². The van der Waals surface area contributed by atoms with Crippen molar-refractivity contribution in [1.29, 1.82) is 0 Å². The van der Waals surface area contributed by atoms with Crippen molar-refractivity contribution in [2.24, 2.45) is 5.92 Å².